The summed E-state index contributed by atoms with van der Waals surface area (Å²) in [6.07, 6.45) is 4.69. The van der Waals surface area contributed by atoms with E-state index in [0.29, 0.717) is 0 Å². The molecule has 0 bridgehead atoms. The summed E-state index contributed by atoms with van der Waals surface area (Å²) in [7, 11) is 0. The van der Waals surface area contributed by atoms with E-state index < -0.39 is 0 Å². The second kappa shape index (κ2) is 5.14. The van der Waals surface area contributed by atoms with Gasteiger partial charge in [0.05, 0.1) is 0 Å². The van der Waals surface area contributed by atoms with Crippen LogP contribution in [0.1, 0.15) is 45.1 Å². The summed E-state index contributed by atoms with van der Waals surface area (Å²) in [5.41, 5.74) is 4.74. The molecule has 0 N–H and O–H groups in total. The number of allylic oxidation sites excluding steroid dienone is 2. The first-order chi connectivity index (χ1) is 8.18. The molecule has 1 atom stereocenters. The van der Waals surface area contributed by atoms with Crippen LogP contribution in [-0.2, 0) is 0 Å². The van der Waals surface area contributed by atoms with Crippen molar-refractivity contribution in [1.82, 2.24) is 0 Å². The number of thiocarbonyl (C=S) groups is 1. The molecule has 1 heteroatoms. The minimum Gasteiger partial charge on any atom is -0.0929 e. The van der Waals surface area contributed by atoms with Crippen LogP contribution in [-0.4, -0.2) is 5.37 Å². The molecule has 1 aromatic rings. The SMILES string of the molecule is CCCC1=C(c2ccccc2)CC(C)(C=S)C1. The maximum Gasteiger partial charge on any atom is 0.00359 e. The fourth-order valence-electron chi connectivity index (χ4n) is 2.76. The Kier molecular flexibility index (Phi) is 3.78. The summed E-state index contributed by atoms with van der Waals surface area (Å²) in [6, 6.07) is 10.8. The van der Waals surface area contributed by atoms with Crippen LogP contribution in [0.25, 0.3) is 5.57 Å². The van der Waals surface area contributed by atoms with Crippen molar-refractivity contribution in [2.75, 3.05) is 0 Å². The summed E-state index contributed by atoms with van der Waals surface area (Å²) >= 11 is 5.21. The molecular formula is C16H20S. The lowest BCUT2D eigenvalue weighted by Crippen LogP contribution is -2.12. The normalized spacial score (nSPS) is 24.1. The fourth-order valence-corrected chi connectivity index (χ4v) is 2.92. The van der Waals surface area contributed by atoms with E-state index in [1.807, 2.05) is 5.37 Å². The van der Waals surface area contributed by atoms with E-state index in [4.69, 9.17) is 12.2 Å². The predicted octanol–water partition coefficient (Wildman–Crippen LogP) is 5.04. The Morgan fingerprint density at radius 1 is 1.24 bits per heavy atom. The molecule has 90 valence electrons. The number of rotatable bonds is 4. The monoisotopic (exact) mass is 244 g/mol. The summed E-state index contributed by atoms with van der Waals surface area (Å²) in [6.45, 7) is 4.54. The Morgan fingerprint density at radius 3 is 2.53 bits per heavy atom. The van der Waals surface area contributed by atoms with E-state index in [9.17, 15) is 0 Å². The standard InChI is InChI=1S/C16H20S/c1-3-7-14-10-16(2,12-17)11-15(14)13-8-5-4-6-9-13/h4-6,8-9,12H,3,7,10-11H2,1-2H3. The van der Waals surface area contributed by atoms with Gasteiger partial charge in [-0.1, -0.05) is 68.4 Å². The molecule has 0 aliphatic heterocycles. The maximum absolute atomic E-state index is 5.21. The molecule has 1 unspecified atom stereocenters. The van der Waals surface area contributed by atoms with Crippen molar-refractivity contribution in [3.05, 3.63) is 41.5 Å². The fraction of sp³-hybridized carbons (Fsp3) is 0.438. The molecule has 1 aliphatic carbocycles. The maximum atomic E-state index is 5.21. The lowest BCUT2D eigenvalue weighted by Gasteiger charge is -2.17. The van der Waals surface area contributed by atoms with Crippen LogP contribution < -0.4 is 0 Å². The summed E-state index contributed by atoms with van der Waals surface area (Å²) in [5, 5.41) is 1.97. The molecule has 0 nitrogen and oxygen atoms in total. The summed E-state index contributed by atoms with van der Waals surface area (Å²) in [5.74, 6) is 0. The minimum absolute atomic E-state index is 0.199. The zero-order chi connectivity index (χ0) is 12.3. The van der Waals surface area contributed by atoms with Crippen molar-refractivity contribution in [3.8, 4) is 0 Å². The number of hydrogen-bond donors (Lipinski definition) is 0. The molecule has 0 aromatic heterocycles. The van der Waals surface area contributed by atoms with E-state index >= 15 is 0 Å². The van der Waals surface area contributed by atoms with Crippen molar-refractivity contribution < 1.29 is 0 Å². The lowest BCUT2D eigenvalue weighted by atomic mass is 9.87. The van der Waals surface area contributed by atoms with Crippen molar-refractivity contribution in [3.63, 3.8) is 0 Å². The van der Waals surface area contributed by atoms with Crippen LogP contribution in [0.15, 0.2) is 35.9 Å². The molecule has 0 saturated heterocycles. The molecule has 0 fully saturated rings. The van der Waals surface area contributed by atoms with E-state index in [2.05, 4.69) is 44.2 Å². The van der Waals surface area contributed by atoms with Crippen molar-refractivity contribution in [2.45, 2.75) is 39.5 Å². The van der Waals surface area contributed by atoms with Gasteiger partial charge in [0.15, 0.2) is 0 Å². The highest BCUT2D eigenvalue weighted by Gasteiger charge is 2.32. The second-order valence-corrected chi connectivity index (χ2v) is 5.56. The third-order valence-corrected chi connectivity index (χ3v) is 4.15. The average Bonchev–Trinajstić information content (AvgIpc) is 2.69. The molecule has 2 rings (SSSR count). The van der Waals surface area contributed by atoms with Gasteiger partial charge in [0, 0.05) is 5.41 Å². The van der Waals surface area contributed by atoms with Gasteiger partial charge >= 0.3 is 0 Å². The molecule has 0 saturated carbocycles. The van der Waals surface area contributed by atoms with Crippen LogP contribution >= 0.6 is 12.2 Å². The lowest BCUT2D eigenvalue weighted by molar-refractivity contribution is 0.518. The minimum atomic E-state index is 0.199. The van der Waals surface area contributed by atoms with E-state index in [-0.39, 0.29) is 5.41 Å². The Bertz CT molecular complexity index is 430. The first kappa shape index (κ1) is 12.5. The van der Waals surface area contributed by atoms with Gasteiger partial charge in [0.25, 0.3) is 0 Å². The zero-order valence-corrected chi connectivity index (χ0v) is 11.5. The largest absolute Gasteiger partial charge is 0.0929 e. The first-order valence-electron chi connectivity index (χ1n) is 6.41. The molecule has 0 amide bonds. The second-order valence-electron chi connectivity index (χ2n) is 5.32. The molecule has 0 radical (unpaired) electrons. The van der Waals surface area contributed by atoms with Crippen molar-refractivity contribution in [1.29, 1.82) is 0 Å². The predicted molar refractivity (Wildman–Crippen MR) is 79.3 cm³/mol. The van der Waals surface area contributed by atoms with Crippen LogP contribution in [0.3, 0.4) is 0 Å². The van der Waals surface area contributed by atoms with E-state index in [0.717, 1.165) is 12.8 Å². The van der Waals surface area contributed by atoms with Crippen molar-refractivity contribution in [2.24, 2.45) is 5.41 Å². The van der Waals surface area contributed by atoms with Crippen LogP contribution in [0.2, 0.25) is 0 Å². The average molecular weight is 244 g/mol. The number of benzene rings is 1. The van der Waals surface area contributed by atoms with Crippen LogP contribution in [0, 0.1) is 5.41 Å². The zero-order valence-electron chi connectivity index (χ0n) is 10.7. The van der Waals surface area contributed by atoms with Gasteiger partial charge in [-0.25, -0.2) is 0 Å². The van der Waals surface area contributed by atoms with E-state index in [1.54, 1.807) is 5.57 Å². The Balaban J connectivity index is 2.34. The highest BCUT2D eigenvalue weighted by molar-refractivity contribution is 7.79. The van der Waals surface area contributed by atoms with Gasteiger partial charge in [-0.2, -0.15) is 0 Å². The summed E-state index contributed by atoms with van der Waals surface area (Å²) in [4.78, 5) is 0. The molecule has 1 aliphatic rings. The Labute approximate surface area is 110 Å². The van der Waals surface area contributed by atoms with Gasteiger partial charge in [-0.3, -0.25) is 0 Å². The molecule has 17 heavy (non-hydrogen) atoms. The third kappa shape index (κ3) is 2.66. The van der Waals surface area contributed by atoms with Gasteiger partial charge in [0.2, 0.25) is 0 Å². The first-order valence-corrected chi connectivity index (χ1v) is 6.88. The topological polar surface area (TPSA) is 0 Å². The number of hydrogen-bond acceptors (Lipinski definition) is 1. The highest BCUT2D eigenvalue weighted by atomic mass is 32.1. The van der Waals surface area contributed by atoms with Crippen molar-refractivity contribution >= 4 is 23.2 Å². The van der Waals surface area contributed by atoms with Crippen LogP contribution in [0.4, 0.5) is 0 Å². The molecule has 0 spiro atoms. The van der Waals surface area contributed by atoms with Crippen LogP contribution in [0.5, 0.6) is 0 Å². The summed E-state index contributed by atoms with van der Waals surface area (Å²) < 4.78 is 0. The van der Waals surface area contributed by atoms with E-state index in [1.165, 1.54) is 24.0 Å². The smallest absolute Gasteiger partial charge is 0.00359 e. The third-order valence-electron chi connectivity index (χ3n) is 3.58. The van der Waals surface area contributed by atoms with Gasteiger partial charge in [0.1, 0.15) is 0 Å². The van der Waals surface area contributed by atoms with Gasteiger partial charge in [-0.05, 0) is 35.8 Å². The molecule has 1 aromatic carbocycles. The Hall–Kier alpha value is -0.950. The van der Waals surface area contributed by atoms with Gasteiger partial charge in [-0.15, -0.1) is 0 Å². The highest BCUT2D eigenvalue weighted by Crippen LogP contribution is 2.46. The van der Waals surface area contributed by atoms with Gasteiger partial charge < -0.3 is 0 Å². The molecular weight excluding hydrogens is 224 g/mol. The molecule has 0 heterocycles. The Morgan fingerprint density at radius 2 is 1.94 bits per heavy atom. The quantitative estimate of drug-likeness (QED) is 0.669.